The summed E-state index contributed by atoms with van der Waals surface area (Å²) in [5.74, 6) is 0.847. The summed E-state index contributed by atoms with van der Waals surface area (Å²) < 4.78 is 0. The molecule has 0 aliphatic heterocycles. The fourth-order valence-electron chi connectivity index (χ4n) is 2.27. The van der Waals surface area contributed by atoms with E-state index >= 15 is 0 Å². The number of nitrogens with one attached hydrogen (secondary N) is 3. The molecule has 20 heavy (non-hydrogen) atoms. The number of guanidine groups is 1. The van der Waals surface area contributed by atoms with E-state index in [0.717, 1.165) is 12.5 Å². The SMILES string of the molecule is CCNC(=NCC(C)(C)C(=O)NC)NC1CCCC1.I. The van der Waals surface area contributed by atoms with E-state index in [0.29, 0.717) is 12.6 Å². The zero-order valence-corrected chi connectivity index (χ0v) is 15.4. The third-order valence-electron chi connectivity index (χ3n) is 3.51. The number of nitrogens with zero attached hydrogens (tertiary/aromatic N) is 1. The molecule has 0 aromatic carbocycles. The van der Waals surface area contributed by atoms with Crippen LogP contribution in [0.15, 0.2) is 4.99 Å². The van der Waals surface area contributed by atoms with E-state index in [-0.39, 0.29) is 29.9 Å². The smallest absolute Gasteiger partial charge is 0.227 e. The van der Waals surface area contributed by atoms with E-state index in [4.69, 9.17) is 0 Å². The summed E-state index contributed by atoms with van der Waals surface area (Å²) in [5, 5.41) is 9.38. The molecule has 0 aromatic heterocycles. The van der Waals surface area contributed by atoms with Crippen molar-refractivity contribution in [3.63, 3.8) is 0 Å². The first-order chi connectivity index (χ1) is 8.99. The Labute approximate surface area is 139 Å². The van der Waals surface area contributed by atoms with Gasteiger partial charge in [0.05, 0.1) is 12.0 Å². The normalized spacial score (nSPS) is 16.5. The van der Waals surface area contributed by atoms with Gasteiger partial charge in [-0.3, -0.25) is 9.79 Å². The molecule has 0 spiro atoms. The van der Waals surface area contributed by atoms with Crippen molar-refractivity contribution in [3.05, 3.63) is 0 Å². The molecule has 1 amide bonds. The molecule has 1 fully saturated rings. The molecule has 0 saturated heterocycles. The molecule has 0 heterocycles. The highest BCUT2D eigenvalue weighted by Gasteiger charge is 2.26. The van der Waals surface area contributed by atoms with Crippen molar-refractivity contribution in [1.29, 1.82) is 0 Å². The number of hydrogen-bond acceptors (Lipinski definition) is 2. The highest BCUT2D eigenvalue weighted by Crippen LogP contribution is 2.18. The number of amides is 1. The molecule has 6 heteroatoms. The maximum Gasteiger partial charge on any atom is 0.227 e. The molecule has 1 aliphatic rings. The Kier molecular flexibility index (Phi) is 9.16. The molecule has 1 aliphatic carbocycles. The highest BCUT2D eigenvalue weighted by molar-refractivity contribution is 14.0. The zero-order chi connectivity index (χ0) is 14.3. The van der Waals surface area contributed by atoms with Gasteiger partial charge >= 0.3 is 0 Å². The summed E-state index contributed by atoms with van der Waals surface area (Å²) >= 11 is 0. The van der Waals surface area contributed by atoms with E-state index in [9.17, 15) is 4.79 Å². The summed E-state index contributed by atoms with van der Waals surface area (Å²) in [4.78, 5) is 16.3. The van der Waals surface area contributed by atoms with Crippen LogP contribution in [0.1, 0.15) is 46.5 Å². The van der Waals surface area contributed by atoms with Gasteiger partial charge in [0.25, 0.3) is 0 Å². The van der Waals surface area contributed by atoms with Gasteiger partial charge in [0.2, 0.25) is 5.91 Å². The Balaban J connectivity index is 0.00000361. The van der Waals surface area contributed by atoms with Crippen LogP contribution in [0.4, 0.5) is 0 Å². The zero-order valence-electron chi connectivity index (χ0n) is 13.1. The highest BCUT2D eigenvalue weighted by atomic mass is 127. The lowest BCUT2D eigenvalue weighted by molar-refractivity contribution is -0.128. The Hall–Kier alpha value is -0.530. The minimum Gasteiger partial charge on any atom is -0.359 e. The van der Waals surface area contributed by atoms with Crippen LogP contribution in [0.3, 0.4) is 0 Å². The molecule has 118 valence electrons. The summed E-state index contributed by atoms with van der Waals surface area (Å²) in [6.45, 7) is 7.19. The third kappa shape index (κ3) is 6.28. The lowest BCUT2D eigenvalue weighted by Gasteiger charge is -2.22. The Morgan fingerprint density at radius 3 is 2.40 bits per heavy atom. The second kappa shape index (κ2) is 9.41. The van der Waals surface area contributed by atoms with Crippen LogP contribution in [-0.2, 0) is 4.79 Å². The van der Waals surface area contributed by atoms with Crippen LogP contribution in [0, 0.1) is 5.41 Å². The van der Waals surface area contributed by atoms with Crippen molar-refractivity contribution >= 4 is 35.8 Å². The van der Waals surface area contributed by atoms with Gasteiger partial charge in [-0.25, -0.2) is 0 Å². The Morgan fingerprint density at radius 1 is 1.30 bits per heavy atom. The van der Waals surface area contributed by atoms with Gasteiger partial charge in [-0.1, -0.05) is 12.8 Å². The summed E-state index contributed by atoms with van der Waals surface area (Å²) in [5.41, 5.74) is -0.479. The van der Waals surface area contributed by atoms with Crippen LogP contribution in [0.2, 0.25) is 0 Å². The monoisotopic (exact) mass is 396 g/mol. The van der Waals surface area contributed by atoms with Crippen molar-refractivity contribution in [2.24, 2.45) is 10.4 Å². The molecule has 0 unspecified atom stereocenters. The maximum atomic E-state index is 11.7. The number of hydrogen-bond donors (Lipinski definition) is 3. The van der Waals surface area contributed by atoms with Gasteiger partial charge < -0.3 is 16.0 Å². The molecule has 0 aromatic rings. The van der Waals surface area contributed by atoms with E-state index in [1.807, 2.05) is 13.8 Å². The predicted octanol–water partition coefficient (Wildman–Crippen LogP) is 1.87. The van der Waals surface area contributed by atoms with Crippen molar-refractivity contribution in [2.45, 2.75) is 52.5 Å². The van der Waals surface area contributed by atoms with E-state index in [1.165, 1.54) is 25.7 Å². The number of halogens is 1. The van der Waals surface area contributed by atoms with Gasteiger partial charge in [-0.05, 0) is 33.6 Å². The molecule has 3 N–H and O–H groups in total. The quantitative estimate of drug-likeness (QED) is 0.378. The lowest BCUT2D eigenvalue weighted by atomic mass is 9.93. The molecule has 1 rings (SSSR count). The first kappa shape index (κ1) is 19.5. The molecule has 5 nitrogen and oxygen atoms in total. The van der Waals surface area contributed by atoms with Crippen LogP contribution >= 0.6 is 24.0 Å². The van der Waals surface area contributed by atoms with Gasteiger partial charge in [0.1, 0.15) is 0 Å². The van der Waals surface area contributed by atoms with Crippen LogP contribution in [0.5, 0.6) is 0 Å². The molecule has 0 radical (unpaired) electrons. The third-order valence-corrected chi connectivity index (χ3v) is 3.51. The molecule has 1 saturated carbocycles. The van der Waals surface area contributed by atoms with Crippen molar-refractivity contribution in [2.75, 3.05) is 20.1 Å². The Bertz CT molecular complexity index is 325. The molecule has 0 atom stereocenters. The van der Waals surface area contributed by atoms with Crippen LogP contribution in [0.25, 0.3) is 0 Å². The molecule has 0 bridgehead atoms. The van der Waals surface area contributed by atoms with Gasteiger partial charge in [-0.2, -0.15) is 0 Å². The number of carbonyl (C=O) groups excluding carboxylic acids is 1. The predicted molar refractivity (Wildman–Crippen MR) is 94.6 cm³/mol. The van der Waals surface area contributed by atoms with E-state index < -0.39 is 5.41 Å². The fourth-order valence-corrected chi connectivity index (χ4v) is 2.27. The van der Waals surface area contributed by atoms with Gasteiger partial charge in [-0.15, -0.1) is 24.0 Å². The first-order valence-corrected chi connectivity index (χ1v) is 7.26. The summed E-state index contributed by atoms with van der Waals surface area (Å²) in [7, 11) is 1.66. The van der Waals surface area contributed by atoms with E-state index in [1.54, 1.807) is 7.05 Å². The van der Waals surface area contributed by atoms with Gasteiger partial charge in [0.15, 0.2) is 5.96 Å². The number of aliphatic imine (C=N–C) groups is 1. The average molecular weight is 396 g/mol. The van der Waals surface area contributed by atoms with E-state index in [2.05, 4.69) is 27.9 Å². The molecular weight excluding hydrogens is 367 g/mol. The summed E-state index contributed by atoms with van der Waals surface area (Å²) in [6.07, 6.45) is 5.01. The number of carbonyl (C=O) groups is 1. The second-order valence-corrected chi connectivity index (χ2v) is 5.78. The second-order valence-electron chi connectivity index (χ2n) is 5.78. The Morgan fingerprint density at radius 2 is 1.90 bits per heavy atom. The fraction of sp³-hybridized carbons (Fsp3) is 0.857. The number of rotatable bonds is 5. The van der Waals surface area contributed by atoms with Gasteiger partial charge in [0, 0.05) is 19.6 Å². The average Bonchev–Trinajstić information content (AvgIpc) is 2.88. The van der Waals surface area contributed by atoms with Crippen LogP contribution < -0.4 is 16.0 Å². The van der Waals surface area contributed by atoms with Crippen molar-refractivity contribution in [3.8, 4) is 0 Å². The topological polar surface area (TPSA) is 65.5 Å². The standard InChI is InChI=1S/C14H28N4O.HI/c1-5-16-13(18-11-8-6-7-9-11)17-10-14(2,3)12(19)15-4;/h11H,5-10H2,1-4H3,(H,15,19)(H2,16,17,18);1H. The lowest BCUT2D eigenvalue weighted by Crippen LogP contribution is -2.44. The minimum atomic E-state index is -0.479. The molecular formula is C14H29IN4O. The van der Waals surface area contributed by atoms with Crippen molar-refractivity contribution < 1.29 is 4.79 Å². The van der Waals surface area contributed by atoms with Crippen LogP contribution in [-0.4, -0.2) is 38.0 Å². The minimum absolute atomic E-state index is 0. The first-order valence-electron chi connectivity index (χ1n) is 7.26. The summed E-state index contributed by atoms with van der Waals surface area (Å²) in [6, 6.07) is 0.529. The largest absolute Gasteiger partial charge is 0.359 e. The maximum absolute atomic E-state index is 11.7. The van der Waals surface area contributed by atoms with Crippen molar-refractivity contribution in [1.82, 2.24) is 16.0 Å².